The van der Waals surface area contributed by atoms with Crippen molar-refractivity contribution in [2.24, 2.45) is 5.92 Å². The maximum Gasteiger partial charge on any atom is 0.272 e. The van der Waals surface area contributed by atoms with E-state index in [1.807, 2.05) is 17.0 Å². The average molecular weight is 269 g/mol. The van der Waals surface area contributed by atoms with Crippen LogP contribution in [-0.2, 0) is 0 Å². The number of alkyl halides is 1. The number of carbonyl (C=O) groups excluding carboxylic acids is 1. The lowest BCUT2D eigenvalue weighted by Crippen LogP contribution is -2.29. The number of nitrogens with zero attached hydrogens (tertiary/aromatic N) is 2. The van der Waals surface area contributed by atoms with Crippen LogP contribution in [0.3, 0.4) is 0 Å². The highest BCUT2D eigenvalue weighted by atomic mass is 79.9. The Bertz CT molecular complexity index is 342. The molecule has 1 unspecified atom stereocenters. The van der Waals surface area contributed by atoms with Gasteiger partial charge in [0, 0.05) is 24.6 Å². The summed E-state index contributed by atoms with van der Waals surface area (Å²) in [6.45, 7) is 1.70. The number of hydrogen-bond acceptors (Lipinski definition) is 2. The molecule has 80 valence electrons. The minimum Gasteiger partial charge on any atom is -0.337 e. The summed E-state index contributed by atoms with van der Waals surface area (Å²) in [4.78, 5) is 17.9. The molecule has 1 saturated heterocycles. The lowest BCUT2D eigenvalue weighted by Gasteiger charge is -2.15. The Morgan fingerprint density at radius 3 is 3.07 bits per heavy atom. The van der Waals surface area contributed by atoms with Crippen LogP contribution in [-0.4, -0.2) is 34.2 Å². The third kappa shape index (κ3) is 2.37. The molecule has 2 heterocycles. The van der Waals surface area contributed by atoms with Crippen molar-refractivity contribution in [2.45, 2.75) is 6.42 Å². The molecule has 0 aliphatic carbocycles. The van der Waals surface area contributed by atoms with Crippen molar-refractivity contribution >= 4 is 21.8 Å². The lowest BCUT2D eigenvalue weighted by molar-refractivity contribution is 0.0782. The van der Waals surface area contributed by atoms with Gasteiger partial charge in [0.25, 0.3) is 5.91 Å². The van der Waals surface area contributed by atoms with E-state index in [1.165, 1.54) is 0 Å². The molecule has 0 aromatic carbocycles. The molecule has 3 nitrogen and oxygen atoms in total. The van der Waals surface area contributed by atoms with E-state index in [2.05, 4.69) is 20.9 Å². The number of amides is 1. The summed E-state index contributed by atoms with van der Waals surface area (Å²) in [5.41, 5.74) is 0.549. The fraction of sp³-hybridized carbons (Fsp3) is 0.455. The van der Waals surface area contributed by atoms with Gasteiger partial charge in [0.05, 0.1) is 0 Å². The Balaban J connectivity index is 2.04. The monoisotopic (exact) mass is 268 g/mol. The van der Waals surface area contributed by atoms with Crippen molar-refractivity contribution < 1.29 is 4.79 Å². The molecule has 1 fully saturated rings. The standard InChI is InChI=1S/C11H13BrN2O/c12-7-9-4-6-14(8-9)11(15)10-3-1-2-5-13-10/h1-3,5,9H,4,6-8H2. The van der Waals surface area contributed by atoms with Gasteiger partial charge < -0.3 is 4.90 Å². The molecule has 0 radical (unpaired) electrons. The van der Waals surface area contributed by atoms with Crippen molar-refractivity contribution in [1.82, 2.24) is 9.88 Å². The highest BCUT2D eigenvalue weighted by Gasteiger charge is 2.26. The van der Waals surface area contributed by atoms with Crippen LogP contribution in [0.4, 0.5) is 0 Å². The SMILES string of the molecule is O=C(c1ccccn1)N1CCC(CBr)C1. The van der Waals surface area contributed by atoms with Crippen LogP contribution in [0.25, 0.3) is 0 Å². The van der Waals surface area contributed by atoms with Gasteiger partial charge in [-0.1, -0.05) is 22.0 Å². The zero-order chi connectivity index (χ0) is 10.7. The second kappa shape index (κ2) is 4.75. The molecule has 1 aliphatic heterocycles. The molecule has 2 rings (SSSR count). The van der Waals surface area contributed by atoms with E-state index in [-0.39, 0.29) is 5.91 Å². The van der Waals surface area contributed by atoms with Crippen LogP contribution in [0.1, 0.15) is 16.9 Å². The summed E-state index contributed by atoms with van der Waals surface area (Å²) in [6.07, 6.45) is 2.75. The van der Waals surface area contributed by atoms with Crippen molar-refractivity contribution in [2.75, 3.05) is 18.4 Å². The first kappa shape index (κ1) is 10.6. The third-order valence-corrected chi connectivity index (χ3v) is 3.59. The van der Waals surface area contributed by atoms with Gasteiger partial charge in [0.1, 0.15) is 5.69 Å². The van der Waals surface area contributed by atoms with Crippen molar-refractivity contribution in [3.8, 4) is 0 Å². The van der Waals surface area contributed by atoms with Crippen LogP contribution >= 0.6 is 15.9 Å². The number of likely N-dealkylation sites (tertiary alicyclic amines) is 1. The first-order chi connectivity index (χ1) is 7.31. The highest BCUT2D eigenvalue weighted by molar-refractivity contribution is 9.09. The zero-order valence-corrected chi connectivity index (χ0v) is 9.98. The van der Waals surface area contributed by atoms with Gasteiger partial charge in [-0.15, -0.1) is 0 Å². The van der Waals surface area contributed by atoms with Crippen LogP contribution < -0.4 is 0 Å². The molecule has 1 amide bonds. The first-order valence-electron chi connectivity index (χ1n) is 5.07. The number of hydrogen-bond donors (Lipinski definition) is 0. The predicted octanol–water partition coefficient (Wildman–Crippen LogP) is 1.94. The molecular formula is C11H13BrN2O. The molecule has 1 atom stereocenters. The van der Waals surface area contributed by atoms with Gasteiger partial charge in [-0.25, -0.2) is 0 Å². The van der Waals surface area contributed by atoms with E-state index < -0.39 is 0 Å². The van der Waals surface area contributed by atoms with Gasteiger partial charge in [0.15, 0.2) is 0 Å². The van der Waals surface area contributed by atoms with Crippen molar-refractivity contribution in [3.63, 3.8) is 0 Å². The van der Waals surface area contributed by atoms with Gasteiger partial charge >= 0.3 is 0 Å². The summed E-state index contributed by atoms with van der Waals surface area (Å²) in [5, 5.41) is 0.971. The van der Waals surface area contributed by atoms with E-state index >= 15 is 0 Å². The van der Waals surface area contributed by atoms with Crippen LogP contribution in [0, 0.1) is 5.92 Å². The molecule has 0 bridgehead atoms. The Kier molecular flexibility index (Phi) is 3.36. The third-order valence-electron chi connectivity index (χ3n) is 2.68. The summed E-state index contributed by atoms with van der Waals surface area (Å²) in [7, 11) is 0. The van der Waals surface area contributed by atoms with Gasteiger partial charge in [-0.2, -0.15) is 0 Å². The number of rotatable bonds is 2. The molecule has 0 N–H and O–H groups in total. The minimum absolute atomic E-state index is 0.0547. The Morgan fingerprint density at radius 2 is 2.47 bits per heavy atom. The van der Waals surface area contributed by atoms with E-state index in [9.17, 15) is 4.79 Å². The second-order valence-electron chi connectivity index (χ2n) is 3.78. The predicted molar refractivity (Wildman–Crippen MR) is 62.0 cm³/mol. The highest BCUT2D eigenvalue weighted by Crippen LogP contribution is 2.19. The molecule has 15 heavy (non-hydrogen) atoms. The molecule has 0 spiro atoms. The van der Waals surface area contributed by atoms with E-state index in [1.54, 1.807) is 12.3 Å². The molecular weight excluding hydrogens is 256 g/mol. The Labute approximate surface area is 97.6 Å². The topological polar surface area (TPSA) is 33.2 Å². The van der Waals surface area contributed by atoms with E-state index in [4.69, 9.17) is 0 Å². The van der Waals surface area contributed by atoms with Crippen LogP contribution in [0.5, 0.6) is 0 Å². The fourth-order valence-corrected chi connectivity index (χ4v) is 2.32. The molecule has 4 heteroatoms. The lowest BCUT2D eigenvalue weighted by atomic mass is 10.2. The Hall–Kier alpha value is -0.900. The molecule has 1 aliphatic rings. The molecule has 1 aromatic rings. The van der Waals surface area contributed by atoms with Gasteiger partial charge in [-0.3, -0.25) is 9.78 Å². The number of carbonyl (C=O) groups is 1. The van der Waals surface area contributed by atoms with Crippen LogP contribution in [0.2, 0.25) is 0 Å². The molecule has 1 aromatic heterocycles. The maximum atomic E-state index is 12.0. The van der Waals surface area contributed by atoms with Gasteiger partial charge in [-0.05, 0) is 24.5 Å². The number of halogens is 1. The van der Waals surface area contributed by atoms with Gasteiger partial charge in [0.2, 0.25) is 0 Å². The largest absolute Gasteiger partial charge is 0.337 e. The summed E-state index contributed by atoms with van der Waals surface area (Å²) in [5.74, 6) is 0.650. The second-order valence-corrected chi connectivity index (χ2v) is 4.42. The number of aromatic nitrogens is 1. The van der Waals surface area contributed by atoms with E-state index in [0.29, 0.717) is 11.6 Å². The van der Waals surface area contributed by atoms with E-state index in [0.717, 1.165) is 24.8 Å². The zero-order valence-electron chi connectivity index (χ0n) is 8.40. The first-order valence-corrected chi connectivity index (χ1v) is 6.19. The fourth-order valence-electron chi connectivity index (χ4n) is 1.79. The summed E-state index contributed by atoms with van der Waals surface area (Å²) in [6, 6.07) is 5.43. The Morgan fingerprint density at radius 1 is 1.60 bits per heavy atom. The van der Waals surface area contributed by atoms with Crippen molar-refractivity contribution in [3.05, 3.63) is 30.1 Å². The maximum absolute atomic E-state index is 12.0. The quantitative estimate of drug-likeness (QED) is 0.769. The smallest absolute Gasteiger partial charge is 0.272 e. The summed E-state index contributed by atoms with van der Waals surface area (Å²) < 4.78 is 0. The summed E-state index contributed by atoms with van der Waals surface area (Å²) >= 11 is 3.46. The number of pyridine rings is 1. The average Bonchev–Trinajstić information content (AvgIpc) is 2.78. The normalized spacial score (nSPS) is 20.6. The van der Waals surface area contributed by atoms with Crippen LogP contribution in [0.15, 0.2) is 24.4 Å². The minimum atomic E-state index is 0.0547. The van der Waals surface area contributed by atoms with Crippen molar-refractivity contribution in [1.29, 1.82) is 0 Å². The molecule has 0 saturated carbocycles.